The van der Waals surface area contributed by atoms with Gasteiger partial charge in [-0.3, -0.25) is 19.3 Å². The summed E-state index contributed by atoms with van der Waals surface area (Å²) < 4.78 is 0. The number of carbonyl (C=O) groups is 3. The Morgan fingerprint density at radius 3 is 2.21 bits per heavy atom. The smallest absolute Gasteiger partial charge is 0.261 e. The van der Waals surface area contributed by atoms with Gasteiger partial charge in [0, 0.05) is 42.1 Å². The Labute approximate surface area is 171 Å². The van der Waals surface area contributed by atoms with Gasteiger partial charge >= 0.3 is 0 Å². The summed E-state index contributed by atoms with van der Waals surface area (Å²) in [5, 5.41) is 1.65. The molecule has 0 spiro atoms. The van der Waals surface area contributed by atoms with Crippen LogP contribution in [0.4, 0.5) is 0 Å². The zero-order valence-corrected chi connectivity index (χ0v) is 17.0. The van der Waals surface area contributed by atoms with Gasteiger partial charge in [0.15, 0.2) is 0 Å². The van der Waals surface area contributed by atoms with Gasteiger partial charge in [-0.15, -0.1) is 0 Å². The summed E-state index contributed by atoms with van der Waals surface area (Å²) in [5.41, 5.74) is 1.14. The fourth-order valence-electron chi connectivity index (χ4n) is 4.85. The van der Waals surface area contributed by atoms with Crippen LogP contribution in [0, 0.1) is 0 Å². The predicted octanol–water partition coefficient (Wildman–Crippen LogP) is 4.40. The van der Waals surface area contributed by atoms with Crippen LogP contribution in [0.25, 0.3) is 10.8 Å². The Bertz CT molecular complexity index is 896. The van der Waals surface area contributed by atoms with E-state index in [0.717, 1.165) is 30.2 Å². The monoisotopic (exact) mass is 392 g/mol. The van der Waals surface area contributed by atoms with Gasteiger partial charge < -0.3 is 4.90 Å². The minimum Gasteiger partial charge on any atom is -0.340 e. The number of imide groups is 1. The van der Waals surface area contributed by atoms with Crippen molar-refractivity contribution in [2.24, 2.45) is 0 Å². The molecule has 1 saturated carbocycles. The van der Waals surface area contributed by atoms with Crippen molar-refractivity contribution in [2.75, 3.05) is 13.1 Å². The lowest BCUT2D eigenvalue weighted by Crippen LogP contribution is -2.43. The van der Waals surface area contributed by atoms with E-state index in [9.17, 15) is 14.4 Å². The first-order valence-corrected chi connectivity index (χ1v) is 10.8. The number of rotatable bonds is 6. The predicted molar refractivity (Wildman–Crippen MR) is 113 cm³/mol. The van der Waals surface area contributed by atoms with E-state index in [1.165, 1.54) is 24.2 Å². The summed E-state index contributed by atoms with van der Waals surface area (Å²) in [4.78, 5) is 41.9. The van der Waals surface area contributed by atoms with Gasteiger partial charge in [0.25, 0.3) is 11.8 Å². The molecule has 5 nitrogen and oxygen atoms in total. The second-order valence-electron chi connectivity index (χ2n) is 8.05. The molecule has 0 aromatic heterocycles. The quantitative estimate of drug-likeness (QED) is 0.685. The van der Waals surface area contributed by atoms with E-state index in [0.29, 0.717) is 30.0 Å². The maximum absolute atomic E-state index is 12.9. The number of carbonyl (C=O) groups excluding carboxylic acids is 3. The third-order valence-corrected chi connectivity index (χ3v) is 6.30. The van der Waals surface area contributed by atoms with Crippen molar-refractivity contribution in [3.63, 3.8) is 0 Å². The largest absolute Gasteiger partial charge is 0.340 e. The molecular formula is C24H28N2O3. The van der Waals surface area contributed by atoms with E-state index >= 15 is 0 Å². The van der Waals surface area contributed by atoms with Crippen molar-refractivity contribution in [3.05, 3.63) is 47.5 Å². The Morgan fingerprint density at radius 2 is 1.62 bits per heavy atom. The van der Waals surface area contributed by atoms with Crippen LogP contribution in [0.2, 0.25) is 0 Å². The van der Waals surface area contributed by atoms with Crippen LogP contribution in [-0.2, 0) is 4.79 Å². The average molecular weight is 392 g/mol. The molecule has 2 aromatic rings. The first kappa shape index (κ1) is 19.6. The van der Waals surface area contributed by atoms with Crippen LogP contribution in [0.1, 0.15) is 72.6 Å². The van der Waals surface area contributed by atoms with Crippen LogP contribution in [-0.4, -0.2) is 46.7 Å². The highest BCUT2D eigenvalue weighted by molar-refractivity contribution is 6.25. The minimum atomic E-state index is -0.258. The van der Waals surface area contributed by atoms with Crippen molar-refractivity contribution >= 4 is 28.5 Å². The zero-order chi connectivity index (χ0) is 20.4. The van der Waals surface area contributed by atoms with E-state index in [1.807, 2.05) is 36.1 Å². The summed E-state index contributed by atoms with van der Waals surface area (Å²) in [6.45, 7) is 3.03. The molecule has 1 aliphatic heterocycles. The molecule has 0 saturated heterocycles. The lowest BCUT2D eigenvalue weighted by Gasteiger charge is -2.34. The van der Waals surface area contributed by atoms with Crippen molar-refractivity contribution in [1.29, 1.82) is 0 Å². The van der Waals surface area contributed by atoms with Gasteiger partial charge in [-0.1, -0.05) is 43.5 Å². The van der Waals surface area contributed by atoms with E-state index in [-0.39, 0.29) is 24.3 Å². The Hall–Kier alpha value is -2.69. The Balaban J connectivity index is 1.43. The number of amides is 3. The van der Waals surface area contributed by atoms with Gasteiger partial charge in [0.1, 0.15) is 0 Å². The highest BCUT2D eigenvalue weighted by atomic mass is 16.2. The van der Waals surface area contributed by atoms with Crippen molar-refractivity contribution in [2.45, 2.75) is 57.9 Å². The van der Waals surface area contributed by atoms with Gasteiger partial charge in [-0.2, -0.15) is 0 Å². The van der Waals surface area contributed by atoms with E-state index < -0.39 is 0 Å². The summed E-state index contributed by atoms with van der Waals surface area (Å²) in [5.74, 6) is -0.378. The fraction of sp³-hybridized carbons (Fsp3) is 0.458. The molecule has 29 heavy (non-hydrogen) atoms. The molecule has 1 aliphatic carbocycles. The molecule has 4 rings (SSSR count). The van der Waals surface area contributed by atoms with Gasteiger partial charge in [0.2, 0.25) is 5.91 Å². The van der Waals surface area contributed by atoms with Crippen LogP contribution in [0.3, 0.4) is 0 Å². The number of hydrogen-bond acceptors (Lipinski definition) is 3. The van der Waals surface area contributed by atoms with Gasteiger partial charge in [-0.25, -0.2) is 0 Å². The van der Waals surface area contributed by atoms with Crippen LogP contribution < -0.4 is 0 Å². The molecular weight excluding hydrogens is 364 g/mol. The first-order chi connectivity index (χ1) is 14.1. The number of hydrogen-bond donors (Lipinski definition) is 0. The molecule has 152 valence electrons. The molecule has 1 heterocycles. The maximum Gasteiger partial charge on any atom is 0.261 e. The lowest BCUT2D eigenvalue weighted by atomic mass is 9.93. The third-order valence-electron chi connectivity index (χ3n) is 6.30. The molecule has 0 bridgehead atoms. The highest BCUT2D eigenvalue weighted by Gasteiger charge is 2.32. The zero-order valence-electron chi connectivity index (χ0n) is 17.0. The van der Waals surface area contributed by atoms with Gasteiger partial charge in [0.05, 0.1) is 0 Å². The number of benzene rings is 2. The fourth-order valence-corrected chi connectivity index (χ4v) is 4.85. The van der Waals surface area contributed by atoms with Crippen molar-refractivity contribution in [3.8, 4) is 0 Å². The van der Waals surface area contributed by atoms with Crippen LogP contribution >= 0.6 is 0 Å². The van der Waals surface area contributed by atoms with Crippen molar-refractivity contribution in [1.82, 2.24) is 9.80 Å². The summed E-state index contributed by atoms with van der Waals surface area (Å²) in [6, 6.07) is 11.4. The van der Waals surface area contributed by atoms with E-state index in [1.54, 1.807) is 12.1 Å². The summed E-state index contributed by atoms with van der Waals surface area (Å²) >= 11 is 0. The average Bonchev–Trinajstić information content (AvgIpc) is 2.75. The van der Waals surface area contributed by atoms with Crippen LogP contribution in [0.5, 0.6) is 0 Å². The second-order valence-corrected chi connectivity index (χ2v) is 8.05. The Kier molecular flexibility index (Phi) is 5.65. The van der Waals surface area contributed by atoms with Gasteiger partial charge in [-0.05, 0) is 43.7 Å². The SMILES string of the molecule is CCN(C(=O)CCCN1C(=O)c2cccc3cccc(c23)C1=O)C1CCCCC1. The molecule has 0 unspecified atom stereocenters. The van der Waals surface area contributed by atoms with E-state index in [2.05, 4.69) is 0 Å². The Morgan fingerprint density at radius 1 is 1.00 bits per heavy atom. The molecule has 5 heteroatoms. The van der Waals surface area contributed by atoms with Crippen molar-refractivity contribution < 1.29 is 14.4 Å². The topological polar surface area (TPSA) is 57.7 Å². The molecule has 3 amide bonds. The molecule has 2 aliphatic rings. The normalized spacial score (nSPS) is 17.1. The van der Waals surface area contributed by atoms with E-state index in [4.69, 9.17) is 0 Å². The third kappa shape index (κ3) is 3.66. The second kappa shape index (κ2) is 8.36. The first-order valence-electron chi connectivity index (χ1n) is 10.8. The molecule has 0 radical (unpaired) electrons. The molecule has 2 aromatic carbocycles. The lowest BCUT2D eigenvalue weighted by molar-refractivity contribution is -0.134. The molecule has 0 atom stereocenters. The number of nitrogens with zero attached hydrogens (tertiary/aromatic N) is 2. The minimum absolute atomic E-state index is 0.138. The van der Waals surface area contributed by atoms with Crippen LogP contribution in [0.15, 0.2) is 36.4 Å². The standard InChI is InChI=1S/C24H28N2O3/c1-2-25(18-11-4-3-5-12-18)21(27)15-8-16-26-23(28)19-13-6-9-17-10-7-14-20(22(17)19)24(26)29/h6-7,9-10,13-14,18H,2-5,8,11-12,15-16H2,1H3. The molecule has 0 N–H and O–H groups in total. The highest BCUT2D eigenvalue weighted by Crippen LogP contribution is 2.30. The maximum atomic E-state index is 12.9. The summed E-state index contributed by atoms with van der Waals surface area (Å²) in [6.07, 6.45) is 6.68. The molecule has 1 fully saturated rings. The summed E-state index contributed by atoms with van der Waals surface area (Å²) in [7, 11) is 0.